The van der Waals surface area contributed by atoms with E-state index in [-0.39, 0.29) is 0 Å². The molecule has 1 nitrogen and oxygen atoms in total. The number of methoxy groups -OCH3 is 1. The van der Waals surface area contributed by atoms with Crippen molar-refractivity contribution in [1.29, 1.82) is 0 Å². The first-order chi connectivity index (χ1) is 8.43. The van der Waals surface area contributed by atoms with E-state index in [2.05, 4.69) is 20.8 Å². The molecule has 2 heteroatoms. The zero-order valence-corrected chi connectivity index (χ0v) is 13.5. The van der Waals surface area contributed by atoms with Crippen molar-refractivity contribution >= 4 is 11.6 Å². The van der Waals surface area contributed by atoms with Crippen molar-refractivity contribution in [3.63, 3.8) is 0 Å². The van der Waals surface area contributed by atoms with Crippen LogP contribution in [0.2, 0.25) is 0 Å². The summed E-state index contributed by atoms with van der Waals surface area (Å²) in [5.41, 5.74) is 0.894. The number of alkyl halides is 1. The Balaban J connectivity index is 2.40. The molecule has 0 amide bonds. The van der Waals surface area contributed by atoms with E-state index < -0.39 is 0 Å². The Morgan fingerprint density at radius 3 is 2.22 bits per heavy atom. The van der Waals surface area contributed by atoms with Gasteiger partial charge in [0, 0.05) is 19.6 Å². The van der Waals surface area contributed by atoms with E-state index in [4.69, 9.17) is 16.3 Å². The standard InChI is InChI=1S/C16H31ClO/c1-15(2,3)14-7-10-16(13-17,11-8-14)9-5-6-12-18-4/h14H,5-13H2,1-4H3. The van der Waals surface area contributed by atoms with Crippen molar-refractivity contribution in [2.24, 2.45) is 16.7 Å². The van der Waals surface area contributed by atoms with Crippen LogP contribution in [0.5, 0.6) is 0 Å². The lowest BCUT2D eigenvalue weighted by molar-refractivity contribution is 0.0912. The molecule has 0 N–H and O–H groups in total. The van der Waals surface area contributed by atoms with Crippen LogP contribution < -0.4 is 0 Å². The van der Waals surface area contributed by atoms with Gasteiger partial charge < -0.3 is 4.74 Å². The molecule has 0 bridgehead atoms. The van der Waals surface area contributed by atoms with Gasteiger partial charge in [-0.05, 0) is 55.3 Å². The van der Waals surface area contributed by atoms with Gasteiger partial charge in [-0.25, -0.2) is 0 Å². The van der Waals surface area contributed by atoms with Gasteiger partial charge in [0.1, 0.15) is 0 Å². The van der Waals surface area contributed by atoms with Crippen LogP contribution in [0.3, 0.4) is 0 Å². The average molecular weight is 275 g/mol. The van der Waals surface area contributed by atoms with Crippen LogP contribution in [0.1, 0.15) is 65.7 Å². The van der Waals surface area contributed by atoms with Gasteiger partial charge in [-0.15, -0.1) is 11.6 Å². The van der Waals surface area contributed by atoms with Crippen LogP contribution in [-0.2, 0) is 4.74 Å². The molecule has 0 aromatic rings. The Morgan fingerprint density at radius 1 is 1.17 bits per heavy atom. The number of hydrogen-bond donors (Lipinski definition) is 0. The first kappa shape index (κ1) is 16.3. The Bertz CT molecular complexity index is 224. The molecule has 1 fully saturated rings. The van der Waals surface area contributed by atoms with Crippen molar-refractivity contribution < 1.29 is 4.74 Å². The first-order valence-corrected chi connectivity index (χ1v) is 8.02. The minimum atomic E-state index is 0.428. The van der Waals surface area contributed by atoms with E-state index >= 15 is 0 Å². The summed E-state index contributed by atoms with van der Waals surface area (Å²) in [6.45, 7) is 8.03. The highest BCUT2D eigenvalue weighted by molar-refractivity contribution is 6.18. The maximum Gasteiger partial charge on any atom is 0.0462 e. The average Bonchev–Trinajstić information content (AvgIpc) is 2.34. The molecule has 18 heavy (non-hydrogen) atoms. The van der Waals surface area contributed by atoms with Crippen LogP contribution in [0.15, 0.2) is 0 Å². The quantitative estimate of drug-likeness (QED) is 0.474. The van der Waals surface area contributed by atoms with Crippen molar-refractivity contribution in [2.75, 3.05) is 19.6 Å². The van der Waals surface area contributed by atoms with Gasteiger partial charge in [0.2, 0.25) is 0 Å². The lowest BCUT2D eigenvalue weighted by Gasteiger charge is -2.43. The highest BCUT2D eigenvalue weighted by atomic mass is 35.5. The van der Waals surface area contributed by atoms with Gasteiger partial charge in [-0.2, -0.15) is 0 Å². The number of hydrogen-bond acceptors (Lipinski definition) is 1. The predicted molar refractivity (Wildman–Crippen MR) is 80.3 cm³/mol. The fraction of sp³-hybridized carbons (Fsp3) is 1.00. The summed E-state index contributed by atoms with van der Waals surface area (Å²) in [6.07, 6.45) is 9.10. The highest BCUT2D eigenvalue weighted by Gasteiger charge is 2.37. The number of halogens is 1. The Morgan fingerprint density at radius 2 is 1.78 bits per heavy atom. The molecule has 0 aliphatic heterocycles. The lowest BCUT2D eigenvalue weighted by Crippen LogP contribution is -2.33. The summed E-state index contributed by atoms with van der Waals surface area (Å²) < 4.78 is 5.13. The maximum absolute atomic E-state index is 6.28. The van der Waals surface area contributed by atoms with Crippen LogP contribution in [-0.4, -0.2) is 19.6 Å². The van der Waals surface area contributed by atoms with Crippen molar-refractivity contribution in [3.05, 3.63) is 0 Å². The molecule has 0 aromatic carbocycles. The minimum absolute atomic E-state index is 0.428. The summed E-state index contributed by atoms with van der Waals surface area (Å²) in [4.78, 5) is 0. The topological polar surface area (TPSA) is 9.23 Å². The van der Waals surface area contributed by atoms with E-state index in [1.165, 1.54) is 44.9 Å². The largest absolute Gasteiger partial charge is 0.385 e. The molecule has 1 aliphatic carbocycles. The third-order valence-corrected chi connectivity index (χ3v) is 5.43. The van der Waals surface area contributed by atoms with Crippen molar-refractivity contribution in [3.8, 4) is 0 Å². The first-order valence-electron chi connectivity index (χ1n) is 7.48. The second-order valence-corrected chi connectivity index (χ2v) is 7.49. The minimum Gasteiger partial charge on any atom is -0.385 e. The molecule has 108 valence electrons. The zero-order chi connectivity index (χ0) is 13.6. The van der Waals surface area contributed by atoms with E-state index in [1.54, 1.807) is 7.11 Å². The number of unbranched alkanes of at least 4 members (excludes halogenated alkanes) is 1. The predicted octanol–water partition coefficient (Wildman–Crippen LogP) is 5.26. The summed E-state index contributed by atoms with van der Waals surface area (Å²) in [7, 11) is 1.78. The molecule has 0 aromatic heterocycles. The van der Waals surface area contributed by atoms with Crippen LogP contribution in [0, 0.1) is 16.7 Å². The summed E-state index contributed by atoms with van der Waals surface area (Å²) in [5, 5.41) is 0. The van der Waals surface area contributed by atoms with Gasteiger partial charge in [0.05, 0.1) is 0 Å². The Kier molecular flexibility index (Phi) is 6.47. The van der Waals surface area contributed by atoms with E-state index in [1.807, 2.05) is 0 Å². The summed E-state index contributed by atoms with van der Waals surface area (Å²) in [5.74, 6) is 1.73. The third kappa shape index (κ3) is 4.74. The second kappa shape index (κ2) is 7.14. The SMILES string of the molecule is COCCCCC1(CCl)CCC(C(C)(C)C)CC1. The molecule has 0 spiro atoms. The Labute approximate surface area is 119 Å². The molecule has 0 heterocycles. The fourth-order valence-corrected chi connectivity index (χ4v) is 3.69. The molecule has 1 aliphatic rings. The van der Waals surface area contributed by atoms with Crippen molar-refractivity contribution in [1.82, 2.24) is 0 Å². The van der Waals surface area contributed by atoms with Crippen LogP contribution >= 0.6 is 11.6 Å². The van der Waals surface area contributed by atoms with E-state index in [9.17, 15) is 0 Å². The van der Waals surface area contributed by atoms with Gasteiger partial charge in [0.25, 0.3) is 0 Å². The van der Waals surface area contributed by atoms with Gasteiger partial charge >= 0.3 is 0 Å². The van der Waals surface area contributed by atoms with Crippen LogP contribution in [0.4, 0.5) is 0 Å². The normalized spacial score (nSPS) is 29.5. The molecule has 1 saturated carbocycles. The third-order valence-electron chi connectivity index (χ3n) is 4.86. The van der Waals surface area contributed by atoms with Crippen molar-refractivity contribution in [2.45, 2.75) is 65.7 Å². The maximum atomic E-state index is 6.28. The molecule has 0 unspecified atom stereocenters. The smallest absolute Gasteiger partial charge is 0.0462 e. The van der Waals surface area contributed by atoms with Gasteiger partial charge in [-0.3, -0.25) is 0 Å². The molecule has 0 radical (unpaired) electrons. The molecule has 0 atom stereocenters. The fourth-order valence-electron chi connectivity index (χ4n) is 3.29. The lowest BCUT2D eigenvalue weighted by atomic mass is 9.63. The van der Waals surface area contributed by atoms with E-state index in [0.717, 1.165) is 18.4 Å². The van der Waals surface area contributed by atoms with E-state index in [0.29, 0.717) is 10.8 Å². The molecule has 1 rings (SSSR count). The molecular weight excluding hydrogens is 244 g/mol. The number of rotatable bonds is 6. The molecule has 0 saturated heterocycles. The summed E-state index contributed by atoms with van der Waals surface area (Å²) in [6, 6.07) is 0. The monoisotopic (exact) mass is 274 g/mol. The number of ether oxygens (including phenoxy) is 1. The van der Waals surface area contributed by atoms with Gasteiger partial charge in [-0.1, -0.05) is 27.2 Å². The molecular formula is C16H31ClO. The summed E-state index contributed by atoms with van der Waals surface area (Å²) >= 11 is 6.28. The highest BCUT2D eigenvalue weighted by Crippen LogP contribution is 2.48. The van der Waals surface area contributed by atoms with Crippen LogP contribution in [0.25, 0.3) is 0 Å². The zero-order valence-electron chi connectivity index (χ0n) is 12.7. The Hall–Kier alpha value is 0.250. The van der Waals surface area contributed by atoms with Gasteiger partial charge in [0.15, 0.2) is 0 Å². The second-order valence-electron chi connectivity index (χ2n) is 7.22.